The van der Waals surface area contributed by atoms with Crippen molar-refractivity contribution < 1.29 is 4.79 Å². The molecule has 1 unspecified atom stereocenters. The first kappa shape index (κ1) is 16.4. The zero-order valence-electron chi connectivity index (χ0n) is 15.2. The van der Waals surface area contributed by atoms with E-state index in [4.69, 9.17) is 0 Å². The average Bonchev–Trinajstić information content (AvgIpc) is 3.16. The van der Waals surface area contributed by atoms with Crippen LogP contribution >= 0.6 is 0 Å². The van der Waals surface area contributed by atoms with Gasteiger partial charge in [-0.25, -0.2) is 4.98 Å². The third-order valence-corrected chi connectivity index (χ3v) is 5.74. The first-order valence-electron chi connectivity index (χ1n) is 9.42. The molecule has 0 radical (unpaired) electrons. The summed E-state index contributed by atoms with van der Waals surface area (Å²) in [7, 11) is 1.86. The topological polar surface area (TPSA) is 56.0 Å². The van der Waals surface area contributed by atoms with Crippen molar-refractivity contribution >= 4 is 5.91 Å². The van der Waals surface area contributed by atoms with E-state index in [-0.39, 0.29) is 5.91 Å². The minimum Gasteiger partial charge on any atom is -0.338 e. The van der Waals surface area contributed by atoms with E-state index in [2.05, 4.69) is 20.8 Å². The minimum absolute atomic E-state index is 0.104. The molecule has 4 rings (SSSR count). The van der Waals surface area contributed by atoms with Gasteiger partial charge in [0.15, 0.2) is 0 Å². The molecule has 0 spiro atoms. The molecule has 6 nitrogen and oxygen atoms in total. The lowest BCUT2D eigenvalue weighted by Crippen LogP contribution is -2.40. The molecule has 0 bridgehead atoms. The van der Waals surface area contributed by atoms with E-state index in [9.17, 15) is 4.79 Å². The van der Waals surface area contributed by atoms with Crippen molar-refractivity contribution in [3.05, 3.63) is 35.7 Å². The summed E-state index contributed by atoms with van der Waals surface area (Å²) in [5, 5.41) is 4.31. The summed E-state index contributed by atoms with van der Waals surface area (Å²) < 4.78 is 4.05. The van der Waals surface area contributed by atoms with Crippen molar-refractivity contribution in [2.45, 2.75) is 51.5 Å². The van der Waals surface area contributed by atoms with Crippen LogP contribution in [0.15, 0.2) is 18.6 Å². The van der Waals surface area contributed by atoms with Crippen LogP contribution in [0.2, 0.25) is 0 Å². The van der Waals surface area contributed by atoms with Crippen LogP contribution in [0.4, 0.5) is 0 Å². The van der Waals surface area contributed by atoms with E-state index < -0.39 is 0 Å². The zero-order valence-corrected chi connectivity index (χ0v) is 15.2. The maximum absolute atomic E-state index is 12.9. The predicted molar refractivity (Wildman–Crippen MR) is 95.4 cm³/mol. The average molecular weight is 341 g/mol. The van der Waals surface area contributed by atoms with E-state index in [0.717, 1.165) is 55.5 Å². The number of likely N-dealkylation sites (tertiary alicyclic amines) is 1. The first-order valence-corrected chi connectivity index (χ1v) is 9.42. The van der Waals surface area contributed by atoms with Gasteiger partial charge >= 0.3 is 0 Å². The molecule has 2 aromatic heterocycles. The van der Waals surface area contributed by atoms with Gasteiger partial charge in [0.05, 0.1) is 11.3 Å². The highest BCUT2D eigenvalue weighted by atomic mass is 16.2. The Morgan fingerprint density at radius 2 is 2.12 bits per heavy atom. The monoisotopic (exact) mass is 341 g/mol. The highest BCUT2D eigenvalue weighted by Gasteiger charge is 2.30. The molecular weight excluding hydrogens is 314 g/mol. The number of imidazole rings is 1. The van der Waals surface area contributed by atoms with Gasteiger partial charge in [-0.05, 0) is 38.5 Å². The number of hydrogen-bond acceptors (Lipinski definition) is 3. The Hall–Kier alpha value is -2.11. The summed E-state index contributed by atoms with van der Waals surface area (Å²) >= 11 is 0. The summed E-state index contributed by atoms with van der Waals surface area (Å²) in [6.07, 6.45) is 12.0. The highest BCUT2D eigenvalue weighted by molar-refractivity contribution is 5.95. The van der Waals surface area contributed by atoms with Crippen LogP contribution in [0.5, 0.6) is 0 Å². The fourth-order valence-electron chi connectivity index (χ4n) is 4.14. The van der Waals surface area contributed by atoms with Crippen LogP contribution in [-0.2, 0) is 13.6 Å². The third kappa shape index (κ3) is 3.22. The molecule has 134 valence electrons. The molecule has 3 heterocycles. The highest BCUT2D eigenvalue weighted by Crippen LogP contribution is 2.31. The summed E-state index contributed by atoms with van der Waals surface area (Å²) in [6.45, 7) is 4.57. The van der Waals surface area contributed by atoms with Gasteiger partial charge in [0, 0.05) is 51.2 Å². The number of carbonyl (C=O) groups is 1. The van der Waals surface area contributed by atoms with Crippen LogP contribution in [0, 0.1) is 12.8 Å². The Labute approximate surface area is 148 Å². The fraction of sp³-hybridized carbons (Fsp3) is 0.632. The normalized spacial score (nSPS) is 21.4. The number of nitrogens with zero attached hydrogens (tertiary/aromatic N) is 5. The molecule has 2 fully saturated rings. The van der Waals surface area contributed by atoms with Gasteiger partial charge in [0.1, 0.15) is 5.82 Å². The quantitative estimate of drug-likeness (QED) is 0.859. The molecule has 0 N–H and O–H groups in total. The maximum Gasteiger partial charge on any atom is 0.257 e. The van der Waals surface area contributed by atoms with Gasteiger partial charge in [-0.15, -0.1) is 0 Å². The van der Waals surface area contributed by atoms with E-state index in [1.54, 1.807) is 4.68 Å². The second-order valence-corrected chi connectivity index (χ2v) is 7.63. The van der Waals surface area contributed by atoms with Crippen LogP contribution in [0.3, 0.4) is 0 Å². The van der Waals surface area contributed by atoms with Crippen LogP contribution in [-0.4, -0.2) is 43.2 Å². The lowest BCUT2D eigenvalue weighted by Gasteiger charge is -2.33. The van der Waals surface area contributed by atoms with Gasteiger partial charge in [-0.3, -0.25) is 9.48 Å². The van der Waals surface area contributed by atoms with E-state index in [0.29, 0.717) is 5.92 Å². The number of amides is 1. The van der Waals surface area contributed by atoms with Crippen molar-refractivity contribution in [3.63, 3.8) is 0 Å². The van der Waals surface area contributed by atoms with Gasteiger partial charge in [0.2, 0.25) is 0 Å². The first-order chi connectivity index (χ1) is 12.1. The molecule has 25 heavy (non-hydrogen) atoms. The van der Waals surface area contributed by atoms with Gasteiger partial charge < -0.3 is 9.47 Å². The number of piperidine rings is 1. The third-order valence-electron chi connectivity index (χ3n) is 5.74. The molecule has 1 aliphatic carbocycles. The predicted octanol–water partition coefficient (Wildman–Crippen LogP) is 2.74. The van der Waals surface area contributed by atoms with Crippen molar-refractivity contribution in [2.75, 3.05) is 13.1 Å². The molecule has 1 saturated heterocycles. The standard InChI is InChI=1S/C19H27N5O/c1-14-17(13-22(2)21-14)19(25)24-9-4-7-16(12-24)18-20-8-10-23(18)11-15-5-3-6-15/h8,10,13,15-16H,3-7,9,11-12H2,1-2H3. The second-order valence-electron chi connectivity index (χ2n) is 7.63. The molecular formula is C19H27N5O. The zero-order chi connectivity index (χ0) is 17.4. The lowest BCUT2D eigenvalue weighted by molar-refractivity contribution is 0.0701. The largest absolute Gasteiger partial charge is 0.338 e. The Bertz CT molecular complexity index is 758. The van der Waals surface area contributed by atoms with Crippen LogP contribution < -0.4 is 0 Å². The van der Waals surface area contributed by atoms with Crippen LogP contribution in [0.1, 0.15) is 59.9 Å². The number of carbonyl (C=O) groups excluding carboxylic acids is 1. The molecule has 6 heteroatoms. The molecule has 1 atom stereocenters. The van der Waals surface area contributed by atoms with Crippen molar-refractivity contribution in [3.8, 4) is 0 Å². The Kier molecular flexibility index (Phi) is 4.36. The molecule has 2 aliphatic rings. The maximum atomic E-state index is 12.9. The van der Waals surface area contributed by atoms with Crippen LogP contribution in [0.25, 0.3) is 0 Å². The fourth-order valence-corrected chi connectivity index (χ4v) is 4.14. The minimum atomic E-state index is 0.104. The number of aryl methyl sites for hydroxylation is 2. The molecule has 1 aliphatic heterocycles. The van der Waals surface area contributed by atoms with Gasteiger partial charge in [-0.2, -0.15) is 5.10 Å². The summed E-state index contributed by atoms with van der Waals surface area (Å²) in [5.41, 5.74) is 1.53. The summed E-state index contributed by atoms with van der Waals surface area (Å²) in [4.78, 5) is 19.5. The summed E-state index contributed by atoms with van der Waals surface area (Å²) in [5.74, 6) is 2.41. The lowest BCUT2D eigenvalue weighted by atomic mass is 9.85. The summed E-state index contributed by atoms with van der Waals surface area (Å²) in [6, 6.07) is 0. The number of rotatable bonds is 4. The SMILES string of the molecule is Cc1nn(C)cc1C(=O)N1CCCC(c2nccn2CC2CCC2)C1. The second kappa shape index (κ2) is 6.65. The van der Waals surface area contributed by atoms with Crippen molar-refractivity contribution in [2.24, 2.45) is 13.0 Å². The molecule has 1 saturated carbocycles. The Balaban J connectivity index is 1.48. The van der Waals surface area contributed by atoms with E-state index in [1.165, 1.54) is 19.3 Å². The molecule has 1 amide bonds. The Morgan fingerprint density at radius 3 is 2.80 bits per heavy atom. The Morgan fingerprint density at radius 1 is 1.28 bits per heavy atom. The number of hydrogen-bond donors (Lipinski definition) is 0. The van der Waals surface area contributed by atoms with E-state index in [1.807, 2.05) is 31.3 Å². The van der Waals surface area contributed by atoms with Crippen molar-refractivity contribution in [1.82, 2.24) is 24.2 Å². The van der Waals surface area contributed by atoms with Crippen molar-refractivity contribution in [1.29, 1.82) is 0 Å². The smallest absolute Gasteiger partial charge is 0.257 e. The molecule has 2 aromatic rings. The number of aromatic nitrogens is 4. The van der Waals surface area contributed by atoms with Gasteiger partial charge in [0.25, 0.3) is 5.91 Å². The van der Waals surface area contributed by atoms with E-state index >= 15 is 0 Å². The molecule has 0 aromatic carbocycles. The van der Waals surface area contributed by atoms with Gasteiger partial charge in [-0.1, -0.05) is 6.42 Å².